The average molecular weight is 504 g/mol. The SMILES string of the molecule is COc1ccc2cc1Oc1cc(ccc1O)CCC(=O)N[C@@H]1CN(C(=O)CCn3ccccc3=O)C[C@@H]21. The van der Waals surface area contributed by atoms with Crippen molar-refractivity contribution in [2.75, 3.05) is 20.2 Å². The number of carbonyl (C=O) groups is 2. The first-order chi connectivity index (χ1) is 17.9. The van der Waals surface area contributed by atoms with Crippen LogP contribution in [0.25, 0.3) is 0 Å². The highest BCUT2D eigenvalue weighted by Gasteiger charge is 2.37. The number of pyridine rings is 1. The number of ether oxygens (including phenoxy) is 2. The fraction of sp³-hybridized carbons (Fsp3) is 0.321. The van der Waals surface area contributed by atoms with Gasteiger partial charge in [0.15, 0.2) is 23.0 Å². The number of phenolic OH excluding ortho intramolecular Hbond substituents is 1. The van der Waals surface area contributed by atoms with E-state index >= 15 is 0 Å². The lowest BCUT2D eigenvalue weighted by Gasteiger charge is -2.21. The number of rotatable bonds is 4. The Morgan fingerprint density at radius 1 is 1.08 bits per heavy atom. The van der Waals surface area contributed by atoms with Crippen LogP contribution in [0.15, 0.2) is 65.6 Å². The molecule has 1 saturated heterocycles. The lowest BCUT2D eigenvalue weighted by molar-refractivity contribution is -0.130. The lowest BCUT2D eigenvalue weighted by Crippen LogP contribution is -2.40. The molecule has 4 bridgehead atoms. The fourth-order valence-corrected chi connectivity index (χ4v) is 4.97. The number of methoxy groups -OCH3 is 1. The highest BCUT2D eigenvalue weighted by Crippen LogP contribution is 2.40. The summed E-state index contributed by atoms with van der Waals surface area (Å²) in [5.74, 6) is 0.852. The monoisotopic (exact) mass is 503 g/mol. The first kappa shape index (κ1) is 24.4. The van der Waals surface area contributed by atoms with Gasteiger partial charge in [0.2, 0.25) is 11.8 Å². The minimum atomic E-state index is -0.283. The van der Waals surface area contributed by atoms with Crippen molar-refractivity contribution in [3.8, 4) is 23.0 Å². The molecule has 1 fully saturated rings. The number of nitrogens with zero attached hydrogens (tertiary/aromatic N) is 2. The van der Waals surface area contributed by atoms with Gasteiger partial charge >= 0.3 is 0 Å². The molecule has 2 aromatic carbocycles. The minimum absolute atomic E-state index is 0.0106. The van der Waals surface area contributed by atoms with E-state index < -0.39 is 0 Å². The summed E-state index contributed by atoms with van der Waals surface area (Å²) in [6, 6.07) is 15.2. The van der Waals surface area contributed by atoms with Gasteiger partial charge in [0.25, 0.3) is 5.56 Å². The molecule has 2 atom stereocenters. The zero-order valence-electron chi connectivity index (χ0n) is 20.6. The highest BCUT2D eigenvalue weighted by atomic mass is 16.5. The first-order valence-corrected chi connectivity index (χ1v) is 12.3. The Balaban J connectivity index is 1.43. The van der Waals surface area contributed by atoms with E-state index in [1.807, 2.05) is 12.1 Å². The minimum Gasteiger partial charge on any atom is -0.504 e. The second-order valence-electron chi connectivity index (χ2n) is 9.38. The molecule has 0 aliphatic carbocycles. The van der Waals surface area contributed by atoms with Gasteiger partial charge in [-0.25, -0.2) is 0 Å². The Bertz CT molecular complexity index is 1380. The van der Waals surface area contributed by atoms with Gasteiger partial charge in [0, 0.05) is 50.7 Å². The van der Waals surface area contributed by atoms with Crippen LogP contribution < -0.4 is 20.3 Å². The van der Waals surface area contributed by atoms with Gasteiger partial charge < -0.3 is 29.4 Å². The molecule has 1 aromatic heterocycles. The lowest BCUT2D eigenvalue weighted by atomic mass is 9.93. The second kappa shape index (κ2) is 10.4. The topological polar surface area (TPSA) is 110 Å². The molecule has 192 valence electrons. The summed E-state index contributed by atoms with van der Waals surface area (Å²) < 4.78 is 13.1. The number of aryl methyl sites for hydroxylation is 2. The Labute approximate surface area is 214 Å². The number of aromatic hydroxyl groups is 1. The van der Waals surface area contributed by atoms with Gasteiger partial charge in [0.05, 0.1) is 13.2 Å². The molecule has 2 amide bonds. The summed E-state index contributed by atoms with van der Waals surface area (Å²) in [5.41, 5.74) is 1.58. The van der Waals surface area contributed by atoms with Crippen LogP contribution in [0.2, 0.25) is 0 Å². The van der Waals surface area contributed by atoms with E-state index in [1.165, 1.54) is 10.6 Å². The summed E-state index contributed by atoms with van der Waals surface area (Å²) >= 11 is 0. The number of hydrogen-bond donors (Lipinski definition) is 2. The maximum atomic E-state index is 13.1. The number of fused-ring (bicyclic) bond motifs is 6. The first-order valence-electron chi connectivity index (χ1n) is 12.3. The van der Waals surface area contributed by atoms with Crippen LogP contribution in [0.4, 0.5) is 0 Å². The summed E-state index contributed by atoms with van der Waals surface area (Å²) in [5, 5.41) is 13.5. The number of phenols is 1. The van der Waals surface area contributed by atoms with Crippen molar-refractivity contribution >= 4 is 11.8 Å². The van der Waals surface area contributed by atoms with Gasteiger partial charge in [-0.15, -0.1) is 0 Å². The summed E-state index contributed by atoms with van der Waals surface area (Å²) in [6.07, 6.45) is 2.59. The van der Waals surface area contributed by atoms with Crippen LogP contribution in [-0.4, -0.2) is 52.6 Å². The number of amides is 2. The maximum absolute atomic E-state index is 13.1. The molecular weight excluding hydrogens is 474 g/mol. The Hall–Kier alpha value is -4.27. The molecule has 2 aliphatic rings. The van der Waals surface area contributed by atoms with Gasteiger partial charge in [-0.05, 0) is 47.9 Å². The number of hydrogen-bond acceptors (Lipinski definition) is 6. The Morgan fingerprint density at radius 3 is 2.76 bits per heavy atom. The van der Waals surface area contributed by atoms with E-state index in [1.54, 1.807) is 54.6 Å². The van der Waals surface area contributed by atoms with Crippen molar-refractivity contribution in [2.24, 2.45) is 0 Å². The molecule has 2 aliphatic heterocycles. The average Bonchev–Trinajstić information content (AvgIpc) is 3.31. The van der Waals surface area contributed by atoms with Crippen molar-refractivity contribution in [1.82, 2.24) is 14.8 Å². The third kappa shape index (κ3) is 5.30. The largest absolute Gasteiger partial charge is 0.504 e. The molecule has 9 heteroatoms. The van der Waals surface area contributed by atoms with Crippen molar-refractivity contribution in [3.63, 3.8) is 0 Å². The number of carbonyl (C=O) groups excluding carboxylic acids is 2. The number of nitrogens with one attached hydrogen (secondary N) is 1. The summed E-state index contributed by atoms with van der Waals surface area (Å²) in [6.45, 7) is 1.08. The highest BCUT2D eigenvalue weighted by molar-refractivity contribution is 5.79. The van der Waals surface area contributed by atoms with Gasteiger partial charge in [-0.3, -0.25) is 14.4 Å². The van der Waals surface area contributed by atoms with Crippen molar-refractivity contribution < 1.29 is 24.2 Å². The molecular formula is C28H29N3O6. The quantitative estimate of drug-likeness (QED) is 0.567. The predicted octanol–water partition coefficient (Wildman–Crippen LogP) is 2.80. The molecule has 3 aromatic rings. The predicted molar refractivity (Wildman–Crippen MR) is 136 cm³/mol. The van der Waals surface area contributed by atoms with E-state index in [4.69, 9.17) is 9.47 Å². The molecule has 0 radical (unpaired) electrons. The zero-order valence-corrected chi connectivity index (χ0v) is 20.6. The second-order valence-corrected chi connectivity index (χ2v) is 9.38. The van der Waals surface area contributed by atoms with Crippen LogP contribution in [0.3, 0.4) is 0 Å². The summed E-state index contributed by atoms with van der Waals surface area (Å²) in [4.78, 5) is 39.7. The van der Waals surface area contributed by atoms with E-state index in [0.717, 1.165) is 11.1 Å². The maximum Gasteiger partial charge on any atom is 0.250 e. The smallest absolute Gasteiger partial charge is 0.250 e. The normalized spacial score (nSPS) is 18.9. The van der Waals surface area contributed by atoms with Crippen LogP contribution in [-0.2, 0) is 22.6 Å². The van der Waals surface area contributed by atoms with Crippen LogP contribution >= 0.6 is 0 Å². The Morgan fingerprint density at radius 2 is 1.95 bits per heavy atom. The van der Waals surface area contributed by atoms with Gasteiger partial charge in [-0.1, -0.05) is 18.2 Å². The standard InChI is InChI=1S/C28H29N3O6/c1-36-23-9-7-19-15-25(23)37-24-14-18(5-8-22(24)32)6-10-26(33)29-21-17-31(16-20(19)21)28(35)11-13-30-12-3-2-4-27(30)34/h2-5,7-9,12,14-15,20-21,32H,6,10-11,13,16-17H2,1H3,(H,29,33)/t20-,21+/m0/s1. The van der Waals surface area contributed by atoms with E-state index in [2.05, 4.69) is 5.32 Å². The molecule has 2 N–H and O–H groups in total. The van der Waals surface area contributed by atoms with Crippen LogP contribution in [0.5, 0.6) is 23.0 Å². The third-order valence-electron chi connectivity index (χ3n) is 6.99. The Kier molecular flexibility index (Phi) is 6.85. The number of benzene rings is 2. The summed E-state index contributed by atoms with van der Waals surface area (Å²) in [7, 11) is 1.55. The number of likely N-dealkylation sites (tertiary alicyclic amines) is 1. The molecule has 0 spiro atoms. The van der Waals surface area contributed by atoms with Gasteiger partial charge in [0.1, 0.15) is 0 Å². The molecule has 3 heterocycles. The zero-order chi connectivity index (χ0) is 25.9. The van der Waals surface area contributed by atoms with Crippen LogP contribution in [0.1, 0.15) is 29.9 Å². The third-order valence-corrected chi connectivity index (χ3v) is 6.99. The van der Waals surface area contributed by atoms with E-state index in [0.29, 0.717) is 37.6 Å². The number of aromatic nitrogens is 1. The van der Waals surface area contributed by atoms with E-state index in [9.17, 15) is 19.5 Å². The molecule has 37 heavy (non-hydrogen) atoms. The molecule has 5 rings (SSSR count). The van der Waals surface area contributed by atoms with Gasteiger partial charge in [-0.2, -0.15) is 0 Å². The van der Waals surface area contributed by atoms with Crippen molar-refractivity contribution in [2.45, 2.75) is 37.8 Å². The van der Waals surface area contributed by atoms with Crippen molar-refractivity contribution in [1.29, 1.82) is 0 Å². The van der Waals surface area contributed by atoms with Crippen LogP contribution in [0, 0.1) is 0 Å². The van der Waals surface area contributed by atoms with Crippen molar-refractivity contribution in [3.05, 3.63) is 82.3 Å². The molecule has 0 unspecified atom stereocenters. The fourth-order valence-electron chi connectivity index (χ4n) is 4.97. The van der Waals surface area contributed by atoms with E-state index in [-0.39, 0.29) is 53.7 Å². The molecule has 9 nitrogen and oxygen atoms in total. The molecule has 0 saturated carbocycles.